The summed E-state index contributed by atoms with van der Waals surface area (Å²) in [6.45, 7) is 1.78. The van der Waals surface area contributed by atoms with Gasteiger partial charge in [-0.15, -0.1) is 0 Å². The molecule has 0 saturated carbocycles. The number of hydrogen-bond donors (Lipinski definition) is 3. The van der Waals surface area contributed by atoms with Crippen LogP contribution in [-0.4, -0.2) is 19.6 Å². The standard InChI is InChI=1S/C6H8N2.C3H8O4S/c7-8-6-4-2-1-3-5-6;1-2-3-7-8(4,5)6/h1-5,8H,7H2;2-3H2,1H3,(H,4,5,6). The van der Waals surface area contributed by atoms with E-state index < -0.39 is 10.4 Å². The highest BCUT2D eigenvalue weighted by Crippen LogP contribution is 2.00. The number of rotatable bonds is 4. The van der Waals surface area contributed by atoms with Crippen LogP contribution in [0.2, 0.25) is 0 Å². The third-order valence-corrected chi connectivity index (χ3v) is 1.84. The Morgan fingerprint density at radius 3 is 2.19 bits per heavy atom. The smallest absolute Gasteiger partial charge is 0.324 e. The molecule has 0 aliphatic carbocycles. The summed E-state index contributed by atoms with van der Waals surface area (Å²) in [5.41, 5.74) is 3.46. The van der Waals surface area contributed by atoms with Crippen molar-refractivity contribution >= 4 is 16.1 Å². The van der Waals surface area contributed by atoms with Gasteiger partial charge in [-0.05, 0) is 18.6 Å². The van der Waals surface area contributed by atoms with Gasteiger partial charge in [-0.1, -0.05) is 25.1 Å². The second-order valence-electron chi connectivity index (χ2n) is 2.76. The molecule has 0 aliphatic rings. The lowest BCUT2D eigenvalue weighted by molar-refractivity contribution is 0.269. The largest absolute Gasteiger partial charge is 0.397 e. The summed E-state index contributed by atoms with van der Waals surface area (Å²) in [6, 6.07) is 9.60. The third-order valence-electron chi connectivity index (χ3n) is 1.38. The summed E-state index contributed by atoms with van der Waals surface area (Å²) >= 11 is 0. The van der Waals surface area contributed by atoms with E-state index in [9.17, 15) is 8.42 Å². The maximum absolute atomic E-state index is 9.72. The number of anilines is 1. The second kappa shape index (κ2) is 8.05. The van der Waals surface area contributed by atoms with Gasteiger partial charge in [0.25, 0.3) is 0 Å². The molecule has 0 unspecified atom stereocenters. The fourth-order valence-electron chi connectivity index (χ4n) is 0.723. The van der Waals surface area contributed by atoms with E-state index in [1.807, 2.05) is 30.3 Å². The monoisotopic (exact) mass is 248 g/mol. The van der Waals surface area contributed by atoms with Crippen molar-refractivity contribution in [1.29, 1.82) is 0 Å². The number of nitrogen functional groups attached to an aromatic ring is 1. The molecule has 0 radical (unpaired) electrons. The maximum Gasteiger partial charge on any atom is 0.397 e. The van der Waals surface area contributed by atoms with Crippen LogP contribution in [0.3, 0.4) is 0 Å². The summed E-state index contributed by atoms with van der Waals surface area (Å²) in [5, 5.41) is 0. The molecule has 1 aromatic carbocycles. The van der Waals surface area contributed by atoms with Crippen LogP contribution < -0.4 is 11.3 Å². The molecule has 92 valence electrons. The van der Waals surface area contributed by atoms with E-state index in [-0.39, 0.29) is 6.61 Å². The summed E-state index contributed by atoms with van der Waals surface area (Å²) in [6.07, 6.45) is 0.569. The van der Waals surface area contributed by atoms with E-state index >= 15 is 0 Å². The van der Waals surface area contributed by atoms with Crippen LogP contribution in [0.1, 0.15) is 13.3 Å². The highest BCUT2D eigenvalue weighted by atomic mass is 32.3. The maximum atomic E-state index is 9.72. The number of hydrazine groups is 1. The molecule has 1 rings (SSSR count). The molecule has 0 spiro atoms. The highest BCUT2D eigenvalue weighted by Gasteiger charge is 1.99. The molecule has 0 saturated heterocycles. The number of nitrogens with two attached hydrogens (primary N) is 1. The van der Waals surface area contributed by atoms with Gasteiger partial charge in [-0.2, -0.15) is 8.42 Å². The average Bonchev–Trinajstić information content (AvgIpc) is 2.27. The zero-order valence-electron chi connectivity index (χ0n) is 8.96. The lowest BCUT2D eigenvalue weighted by Gasteiger charge is -1.94. The third kappa shape index (κ3) is 9.41. The minimum Gasteiger partial charge on any atom is -0.324 e. The summed E-state index contributed by atoms with van der Waals surface area (Å²) in [7, 11) is -4.19. The second-order valence-corrected chi connectivity index (χ2v) is 3.85. The Kier molecular flexibility index (Phi) is 7.48. The van der Waals surface area contributed by atoms with Crippen LogP contribution in [0.15, 0.2) is 30.3 Å². The van der Waals surface area contributed by atoms with E-state index in [4.69, 9.17) is 10.4 Å². The number of nitrogens with one attached hydrogen (secondary N) is 1. The van der Waals surface area contributed by atoms with Gasteiger partial charge in [0.1, 0.15) is 0 Å². The lowest BCUT2D eigenvalue weighted by Crippen LogP contribution is -2.05. The van der Waals surface area contributed by atoms with Gasteiger partial charge in [0.15, 0.2) is 0 Å². The van der Waals surface area contributed by atoms with Crippen LogP contribution in [0.25, 0.3) is 0 Å². The van der Waals surface area contributed by atoms with Gasteiger partial charge in [-0.3, -0.25) is 10.4 Å². The van der Waals surface area contributed by atoms with E-state index in [0.29, 0.717) is 6.42 Å². The quantitative estimate of drug-likeness (QED) is 0.420. The Balaban J connectivity index is 0.000000281. The molecule has 6 nitrogen and oxygen atoms in total. The minimum atomic E-state index is -4.19. The van der Waals surface area contributed by atoms with E-state index in [2.05, 4.69) is 9.61 Å². The number of hydrogen-bond acceptors (Lipinski definition) is 5. The first-order valence-corrected chi connectivity index (χ1v) is 5.99. The van der Waals surface area contributed by atoms with Crippen LogP contribution in [0.5, 0.6) is 0 Å². The van der Waals surface area contributed by atoms with Gasteiger partial charge in [-0.25, -0.2) is 4.18 Å². The zero-order chi connectivity index (χ0) is 12.4. The normalized spacial score (nSPS) is 10.2. The first kappa shape index (κ1) is 14.8. The average molecular weight is 248 g/mol. The number of benzene rings is 1. The molecule has 7 heteroatoms. The van der Waals surface area contributed by atoms with Gasteiger partial charge in [0.2, 0.25) is 0 Å². The van der Waals surface area contributed by atoms with Crippen molar-refractivity contribution in [1.82, 2.24) is 0 Å². The van der Waals surface area contributed by atoms with Crippen LogP contribution in [0, 0.1) is 0 Å². The molecule has 0 aromatic heterocycles. The van der Waals surface area contributed by atoms with Crippen molar-refractivity contribution in [2.24, 2.45) is 5.84 Å². The van der Waals surface area contributed by atoms with Crippen LogP contribution in [-0.2, 0) is 14.6 Å². The molecule has 0 amide bonds. The van der Waals surface area contributed by atoms with Crippen molar-refractivity contribution in [3.63, 3.8) is 0 Å². The fraction of sp³-hybridized carbons (Fsp3) is 0.333. The predicted molar refractivity (Wildman–Crippen MR) is 62.0 cm³/mol. The van der Waals surface area contributed by atoms with Crippen LogP contribution >= 0.6 is 0 Å². The summed E-state index contributed by atoms with van der Waals surface area (Å²) < 4.78 is 31.3. The van der Waals surface area contributed by atoms with Crippen molar-refractivity contribution in [3.05, 3.63) is 30.3 Å². The fourth-order valence-corrected chi connectivity index (χ4v) is 1.10. The minimum absolute atomic E-state index is 0.0405. The van der Waals surface area contributed by atoms with E-state index in [1.165, 1.54) is 0 Å². The van der Waals surface area contributed by atoms with Gasteiger partial charge in [0.05, 0.1) is 6.61 Å². The molecule has 0 heterocycles. The van der Waals surface area contributed by atoms with E-state index in [0.717, 1.165) is 5.69 Å². The van der Waals surface area contributed by atoms with Crippen molar-refractivity contribution in [2.75, 3.05) is 12.0 Å². The molecule has 0 atom stereocenters. The summed E-state index contributed by atoms with van der Waals surface area (Å²) in [4.78, 5) is 0. The molecular weight excluding hydrogens is 232 g/mol. The Labute approximate surface area is 95.3 Å². The lowest BCUT2D eigenvalue weighted by atomic mass is 10.3. The Morgan fingerprint density at radius 1 is 1.38 bits per heavy atom. The SMILES string of the molecule is CCCOS(=O)(=O)O.NNc1ccccc1. The molecule has 1 aromatic rings. The van der Waals surface area contributed by atoms with E-state index in [1.54, 1.807) is 6.92 Å². The topological polar surface area (TPSA) is 102 Å². The molecule has 16 heavy (non-hydrogen) atoms. The van der Waals surface area contributed by atoms with Gasteiger partial charge >= 0.3 is 10.4 Å². The van der Waals surface area contributed by atoms with Crippen LogP contribution in [0.4, 0.5) is 5.69 Å². The highest BCUT2D eigenvalue weighted by molar-refractivity contribution is 7.80. The molecule has 4 N–H and O–H groups in total. The molecule has 0 bridgehead atoms. The molecule has 0 fully saturated rings. The zero-order valence-corrected chi connectivity index (χ0v) is 9.78. The first-order chi connectivity index (χ1) is 7.49. The first-order valence-electron chi connectivity index (χ1n) is 4.63. The molecular formula is C9H16N2O4S. The summed E-state index contributed by atoms with van der Waals surface area (Å²) in [5.74, 6) is 5.10. The Morgan fingerprint density at radius 2 is 1.94 bits per heavy atom. The number of para-hydroxylation sites is 1. The Hall–Kier alpha value is -1.15. The predicted octanol–water partition coefficient (Wildman–Crippen LogP) is 1.19. The Bertz CT molecular complexity index is 366. The van der Waals surface area contributed by atoms with Crippen molar-refractivity contribution in [3.8, 4) is 0 Å². The van der Waals surface area contributed by atoms with Gasteiger partial charge < -0.3 is 5.43 Å². The van der Waals surface area contributed by atoms with Crippen molar-refractivity contribution in [2.45, 2.75) is 13.3 Å². The van der Waals surface area contributed by atoms with Gasteiger partial charge in [0, 0.05) is 5.69 Å². The molecule has 0 aliphatic heterocycles. The van der Waals surface area contributed by atoms with Crippen molar-refractivity contribution < 1.29 is 17.2 Å².